The maximum Gasteiger partial charge on any atom is 0.262 e. The van der Waals surface area contributed by atoms with Crippen LogP contribution in [0.4, 0.5) is 0 Å². The van der Waals surface area contributed by atoms with Gasteiger partial charge in [0, 0.05) is 32.7 Å². The summed E-state index contributed by atoms with van der Waals surface area (Å²) in [5, 5.41) is 5.47. The van der Waals surface area contributed by atoms with Crippen molar-refractivity contribution in [3.8, 4) is 34.3 Å². The summed E-state index contributed by atoms with van der Waals surface area (Å²) in [6, 6.07) is 22.4. The normalized spacial score (nSPS) is 11.0. The van der Waals surface area contributed by atoms with Gasteiger partial charge in [-0.15, -0.1) is 0 Å². The monoisotopic (exact) mass is 473 g/mol. The molecule has 0 unspecified atom stereocenters. The van der Waals surface area contributed by atoms with Crippen molar-refractivity contribution < 1.29 is 9.26 Å². The largest absolute Gasteiger partial charge is 0.497 e. The van der Waals surface area contributed by atoms with Crippen LogP contribution in [0.2, 0.25) is 0 Å². The van der Waals surface area contributed by atoms with Gasteiger partial charge in [0.15, 0.2) is 0 Å². The lowest BCUT2D eigenvalue weighted by atomic mass is 10.1. The topological polar surface area (TPSA) is 70.2 Å². The van der Waals surface area contributed by atoms with E-state index in [0.29, 0.717) is 34.1 Å². The molecule has 0 spiro atoms. The minimum Gasteiger partial charge on any atom is -0.497 e. The van der Waals surface area contributed by atoms with Gasteiger partial charge in [-0.25, -0.2) is 0 Å². The van der Waals surface area contributed by atoms with Crippen LogP contribution in [0.5, 0.6) is 5.75 Å². The molecule has 0 aliphatic heterocycles. The summed E-state index contributed by atoms with van der Waals surface area (Å²) in [6.45, 7) is 0. The van der Waals surface area contributed by atoms with Crippen LogP contribution < -0.4 is 10.3 Å². The van der Waals surface area contributed by atoms with Gasteiger partial charge in [-0.05, 0) is 42.5 Å². The molecule has 6 nitrogen and oxygen atoms in total. The molecular formula is C24H16BrN3O3. The van der Waals surface area contributed by atoms with Crippen molar-refractivity contribution in [3.63, 3.8) is 0 Å². The predicted molar refractivity (Wildman–Crippen MR) is 123 cm³/mol. The van der Waals surface area contributed by atoms with Crippen molar-refractivity contribution in [1.82, 2.24) is 14.7 Å². The number of halogens is 1. The van der Waals surface area contributed by atoms with Crippen LogP contribution in [0.3, 0.4) is 0 Å². The number of aromatic nitrogens is 3. The molecule has 7 heteroatoms. The molecule has 0 aliphatic carbocycles. The van der Waals surface area contributed by atoms with Crippen molar-refractivity contribution in [3.05, 3.63) is 93.8 Å². The van der Waals surface area contributed by atoms with E-state index in [0.717, 1.165) is 15.4 Å². The maximum atomic E-state index is 13.2. The molecule has 31 heavy (non-hydrogen) atoms. The van der Waals surface area contributed by atoms with E-state index in [1.807, 2.05) is 66.7 Å². The van der Waals surface area contributed by atoms with E-state index < -0.39 is 0 Å². The molecule has 0 aliphatic rings. The van der Waals surface area contributed by atoms with Gasteiger partial charge in [-0.3, -0.25) is 9.36 Å². The average molecular weight is 474 g/mol. The van der Waals surface area contributed by atoms with E-state index in [9.17, 15) is 4.79 Å². The maximum absolute atomic E-state index is 13.2. The number of ether oxygens (including phenoxy) is 1. The Balaban J connectivity index is 1.70. The number of benzene rings is 3. The van der Waals surface area contributed by atoms with E-state index in [4.69, 9.17) is 9.26 Å². The van der Waals surface area contributed by atoms with Crippen LogP contribution in [-0.4, -0.2) is 21.8 Å². The van der Waals surface area contributed by atoms with E-state index in [1.54, 1.807) is 23.9 Å². The van der Waals surface area contributed by atoms with Crippen molar-refractivity contribution in [1.29, 1.82) is 0 Å². The molecular weight excluding hydrogens is 458 g/mol. The zero-order chi connectivity index (χ0) is 21.4. The number of hydrogen-bond donors (Lipinski definition) is 0. The Morgan fingerprint density at radius 2 is 1.74 bits per heavy atom. The summed E-state index contributed by atoms with van der Waals surface area (Å²) in [5.74, 6) is 1.53. The van der Waals surface area contributed by atoms with Crippen LogP contribution in [0, 0.1) is 0 Å². The van der Waals surface area contributed by atoms with Gasteiger partial charge in [-0.1, -0.05) is 51.4 Å². The highest BCUT2D eigenvalue weighted by atomic mass is 79.9. The minimum atomic E-state index is -0.128. The average Bonchev–Trinajstić information content (AvgIpc) is 3.30. The zero-order valence-electron chi connectivity index (χ0n) is 16.4. The molecule has 152 valence electrons. The fraction of sp³-hybridized carbons (Fsp3) is 0.0417. The van der Waals surface area contributed by atoms with Gasteiger partial charge in [0.1, 0.15) is 5.75 Å². The smallest absolute Gasteiger partial charge is 0.262 e. The minimum absolute atomic E-state index is 0.128. The van der Waals surface area contributed by atoms with Gasteiger partial charge in [0.2, 0.25) is 5.82 Å². The van der Waals surface area contributed by atoms with Crippen LogP contribution in [0.25, 0.3) is 39.3 Å². The second-order valence-electron chi connectivity index (χ2n) is 6.90. The molecule has 0 N–H and O–H groups in total. The lowest BCUT2D eigenvalue weighted by Crippen LogP contribution is -2.18. The molecule has 3 aromatic carbocycles. The molecule has 0 saturated carbocycles. The van der Waals surface area contributed by atoms with Crippen LogP contribution in [0.1, 0.15) is 0 Å². The van der Waals surface area contributed by atoms with Gasteiger partial charge >= 0.3 is 0 Å². The summed E-state index contributed by atoms with van der Waals surface area (Å²) in [7, 11) is 1.60. The molecule has 0 saturated heterocycles. The SMILES string of the molecule is COc1ccc(-n2cc(-c3nc(-c4cccc(Br)c4)no3)c3ccccc3c2=O)cc1. The second-order valence-corrected chi connectivity index (χ2v) is 7.81. The Morgan fingerprint density at radius 1 is 0.968 bits per heavy atom. The third kappa shape index (κ3) is 3.53. The summed E-state index contributed by atoms with van der Waals surface area (Å²) >= 11 is 3.46. The van der Waals surface area contributed by atoms with Crippen LogP contribution >= 0.6 is 15.9 Å². The summed E-state index contributed by atoms with van der Waals surface area (Å²) in [5.41, 5.74) is 2.10. The number of hydrogen-bond acceptors (Lipinski definition) is 5. The summed E-state index contributed by atoms with van der Waals surface area (Å²) < 4.78 is 13.3. The first-order valence-corrected chi connectivity index (χ1v) is 10.3. The first-order valence-electron chi connectivity index (χ1n) is 9.53. The number of rotatable bonds is 4. The van der Waals surface area contributed by atoms with Gasteiger partial charge < -0.3 is 9.26 Å². The highest BCUT2D eigenvalue weighted by Crippen LogP contribution is 2.29. The second kappa shape index (κ2) is 7.85. The quantitative estimate of drug-likeness (QED) is 0.345. The van der Waals surface area contributed by atoms with E-state index >= 15 is 0 Å². The Morgan fingerprint density at radius 3 is 2.48 bits per heavy atom. The zero-order valence-corrected chi connectivity index (χ0v) is 18.0. The van der Waals surface area contributed by atoms with Gasteiger partial charge in [0.25, 0.3) is 11.4 Å². The highest BCUT2D eigenvalue weighted by molar-refractivity contribution is 9.10. The fourth-order valence-corrected chi connectivity index (χ4v) is 3.87. The predicted octanol–water partition coefficient (Wildman–Crippen LogP) is 5.48. The van der Waals surface area contributed by atoms with Crippen molar-refractivity contribution in [2.45, 2.75) is 0 Å². The van der Waals surface area contributed by atoms with Crippen LogP contribution in [-0.2, 0) is 0 Å². The Hall–Kier alpha value is -3.71. The Bertz CT molecular complexity index is 1460. The summed E-state index contributed by atoms with van der Waals surface area (Å²) in [6.07, 6.45) is 1.74. The van der Waals surface area contributed by atoms with Gasteiger partial charge in [-0.2, -0.15) is 4.98 Å². The molecule has 2 aromatic heterocycles. The molecule has 0 radical (unpaired) electrons. The van der Waals surface area contributed by atoms with E-state index in [1.165, 1.54) is 0 Å². The summed E-state index contributed by atoms with van der Waals surface area (Å²) in [4.78, 5) is 17.8. The van der Waals surface area contributed by atoms with Crippen molar-refractivity contribution >= 4 is 26.7 Å². The molecule has 0 atom stereocenters. The molecule has 0 amide bonds. The van der Waals surface area contributed by atoms with E-state index in [2.05, 4.69) is 26.1 Å². The molecule has 5 aromatic rings. The molecule has 0 fully saturated rings. The first-order chi connectivity index (χ1) is 15.1. The highest BCUT2D eigenvalue weighted by Gasteiger charge is 2.17. The number of pyridine rings is 1. The van der Waals surface area contributed by atoms with Gasteiger partial charge in [0.05, 0.1) is 12.7 Å². The number of methoxy groups -OCH3 is 1. The molecule has 2 heterocycles. The molecule has 5 rings (SSSR count). The standard InChI is InChI=1S/C24H16BrN3O3/c1-30-18-11-9-17(10-12-18)28-14-21(19-7-2-3-8-20(19)24(28)29)23-26-22(27-31-23)15-5-4-6-16(25)13-15/h2-14H,1H3. The lowest BCUT2D eigenvalue weighted by molar-refractivity contribution is 0.414. The number of fused-ring (bicyclic) bond motifs is 1. The lowest BCUT2D eigenvalue weighted by Gasteiger charge is -2.11. The van der Waals surface area contributed by atoms with Crippen molar-refractivity contribution in [2.75, 3.05) is 7.11 Å². The first kappa shape index (κ1) is 19.3. The molecule has 0 bridgehead atoms. The van der Waals surface area contributed by atoms with Crippen molar-refractivity contribution in [2.24, 2.45) is 0 Å². The van der Waals surface area contributed by atoms with Crippen LogP contribution in [0.15, 0.2) is 92.8 Å². The van der Waals surface area contributed by atoms with E-state index in [-0.39, 0.29) is 5.56 Å². The number of nitrogens with zero attached hydrogens (tertiary/aromatic N) is 3. The Labute approximate surface area is 185 Å². The fourth-order valence-electron chi connectivity index (χ4n) is 3.47. The Kier molecular flexibility index (Phi) is 4.88. The third-order valence-corrected chi connectivity index (χ3v) is 5.51. The third-order valence-electron chi connectivity index (χ3n) is 5.01.